The lowest BCUT2D eigenvalue weighted by molar-refractivity contribution is -0.222. The van der Waals surface area contributed by atoms with Crippen LogP contribution in [0.15, 0.2) is 36.8 Å². The van der Waals surface area contributed by atoms with Crippen LogP contribution in [0.4, 0.5) is 5.69 Å². The van der Waals surface area contributed by atoms with E-state index in [9.17, 15) is 4.79 Å². The quantitative estimate of drug-likeness (QED) is 0.805. The Kier molecular flexibility index (Phi) is 6.21. The molecule has 4 rings (SSSR count). The molecule has 1 amide bonds. The molecular formula is C18H25Cl2N5O2. The summed E-state index contributed by atoms with van der Waals surface area (Å²) < 4.78 is 7.52. The molecule has 0 bridgehead atoms. The van der Waals surface area contributed by atoms with Crippen molar-refractivity contribution in [2.24, 2.45) is 17.1 Å². The highest BCUT2D eigenvalue weighted by Crippen LogP contribution is 2.57. The summed E-state index contributed by atoms with van der Waals surface area (Å²) in [5, 5.41) is 7.07. The molecule has 3 atom stereocenters. The molecule has 9 heteroatoms. The molecule has 1 aliphatic heterocycles. The van der Waals surface area contributed by atoms with Gasteiger partial charge in [0.1, 0.15) is 5.54 Å². The second kappa shape index (κ2) is 7.75. The summed E-state index contributed by atoms with van der Waals surface area (Å²) in [4.78, 5) is 17.3. The van der Waals surface area contributed by atoms with Crippen molar-refractivity contribution in [2.75, 3.05) is 11.9 Å². The number of anilines is 1. The number of pyridine rings is 1. The van der Waals surface area contributed by atoms with E-state index in [0.29, 0.717) is 11.5 Å². The van der Waals surface area contributed by atoms with Crippen LogP contribution in [0.3, 0.4) is 0 Å². The molecule has 148 valence electrons. The first-order chi connectivity index (χ1) is 11.9. The average molecular weight is 414 g/mol. The van der Waals surface area contributed by atoms with Gasteiger partial charge in [0.15, 0.2) is 5.82 Å². The lowest BCUT2D eigenvalue weighted by Crippen LogP contribution is -2.81. The Morgan fingerprint density at radius 2 is 2.15 bits per heavy atom. The van der Waals surface area contributed by atoms with Gasteiger partial charge in [-0.15, -0.1) is 24.8 Å². The highest BCUT2D eigenvalue weighted by atomic mass is 35.5. The Morgan fingerprint density at radius 3 is 2.78 bits per heavy atom. The predicted octanol–water partition coefficient (Wildman–Crippen LogP) is 2.58. The molecule has 1 saturated carbocycles. The van der Waals surface area contributed by atoms with Crippen molar-refractivity contribution >= 4 is 36.4 Å². The minimum atomic E-state index is -0.932. The van der Waals surface area contributed by atoms with Gasteiger partial charge in [0.2, 0.25) is 5.91 Å². The smallest absolute Gasteiger partial charge is 0.245 e. The molecule has 3 unspecified atom stereocenters. The number of halogens is 2. The standard InChI is InChI=1S/C18H23N5O2.2ClH/c1-17(2)15-13(5-3-10-25-15)18(17,19)16(24)22-12-6-7-14(20-11-12)23-9-4-8-21-23;;/h4,6-9,11,13,15H,3,5,10,19H2,1-2H3,(H,22,24);2*1H. The van der Waals surface area contributed by atoms with E-state index in [1.54, 1.807) is 17.1 Å². The summed E-state index contributed by atoms with van der Waals surface area (Å²) >= 11 is 0. The molecule has 27 heavy (non-hydrogen) atoms. The number of amides is 1. The van der Waals surface area contributed by atoms with Crippen molar-refractivity contribution in [1.29, 1.82) is 0 Å². The molecule has 1 saturated heterocycles. The fourth-order valence-corrected chi connectivity index (χ4v) is 4.27. The first kappa shape index (κ1) is 21.6. The summed E-state index contributed by atoms with van der Waals surface area (Å²) in [6.07, 6.45) is 7.06. The van der Waals surface area contributed by atoms with Crippen molar-refractivity contribution in [3.63, 3.8) is 0 Å². The first-order valence-electron chi connectivity index (χ1n) is 8.62. The van der Waals surface area contributed by atoms with E-state index >= 15 is 0 Å². The van der Waals surface area contributed by atoms with Crippen LogP contribution < -0.4 is 11.1 Å². The third-order valence-electron chi connectivity index (χ3n) is 5.81. The number of rotatable bonds is 3. The van der Waals surface area contributed by atoms with E-state index in [1.165, 1.54) is 0 Å². The molecule has 2 aromatic heterocycles. The number of ether oxygens (including phenoxy) is 1. The number of nitrogens with one attached hydrogen (secondary N) is 1. The number of nitrogens with zero attached hydrogens (tertiary/aromatic N) is 3. The predicted molar refractivity (Wildman–Crippen MR) is 108 cm³/mol. The molecule has 3 N–H and O–H groups in total. The van der Waals surface area contributed by atoms with E-state index < -0.39 is 11.0 Å². The van der Waals surface area contributed by atoms with Crippen molar-refractivity contribution < 1.29 is 9.53 Å². The normalized spacial score (nSPS) is 28.0. The minimum Gasteiger partial charge on any atom is -0.377 e. The zero-order valence-electron chi connectivity index (χ0n) is 15.3. The molecule has 7 nitrogen and oxygen atoms in total. The lowest BCUT2D eigenvalue weighted by atomic mass is 9.46. The maximum Gasteiger partial charge on any atom is 0.245 e. The Morgan fingerprint density at radius 1 is 1.37 bits per heavy atom. The number of hydrogen-bond donors (Lipinski definition) is 2. The highest BCUT2D eigenvalue weighted by molar-refractivity contribution is 6.00. The summed E-state index contributed by atoms with van der Waals surface area (Å²) in [6, 6.07) is 5.45. The molecule has 2 aliphatic rings. The van der Waals surface area contributed by atoms with E-state index in [1.807, 2.05) is 38.2 Å². The van der Waals surface area contributed by atoms with Crippen LogP contribution in [0.25, 0.3) is 5.82 Å². The van der Waals surface area contributed by atoms with Gasteiger partial charge in [-0.05, 0) is 31.0 Å². The van der Waals surface area contributed by atoms with Crippen LogP contribution in [0.2, 0.25) is 0 Å². The second-order valence-electron chi connectivity index (χ2n) is 7.44. The molecule has 0 aromatic carbocycles. The van der Waals surface area contributed by atoms with Crippen molar-refractivity contribution in [1.82, 2.24) is 14.8 Å². The molecule has 2 aromatic rings. The van der Waals surface area contributed by atoms with Gasteiger partial charge in [0, 0.05) is 30.3 Å². The Hall–Kier alpha value is -1.67. The molecule has 2 fully saturated rings. The average Bonchev–Trinajstić information content (AvgIpc) is 3.16. The van der Waals surface area contributed by atoms with Gasteiger partial charge < -0.3 is 15.8 Å². The van der Waals surface area contributed by atoms with Crippen LogP contribution in [-0.4, -0.2) is 38.9 Å². The fraction of sp³-hybridized carbons (Fsp3) is 0.500. The van der Waals surface area contributed by atoms with Crippen LogP contribution >= 0.6 is 24.8 Å². The van der Waals surface area contributed by atoms with Gasteiger partial charge in [-0.2, -0.15) is 5.10 Å². The van der Waals surface area contributed by atoms with E-state index in [-0.39, 0.29) is 42.7 Å². The largest absolute Gasteiger partial charge is 0.377 e. The van der Waals surface area contributed by atoms with Crippen molar-refractivity contribution in [3.05, 3.63) is 36.8 Å². The van der Waals surface area contributed by atoms with Gasteiger partial charge in [-0.1, -0.05) is 13.8 Å². The third kappa shape index (κ3) is 3.23. The maximum absolute atomic E-state index is 13.0. The van der Waals surface area contributed by atoms with Crippen LogP contribution in [0.1, 0.15) is 26.7 Å². The molecular weight excluding hydrogens is 389 g/mol. The Labute approximate surface area is 170 Å². The highest BCUT2D eigenvalue weighted by Gasteiger charge is 2.70. The van der Waals surface area contributed by atoms with Gasteiger partial charge in [0.25, 0.3) is 0 Å². The number of nitrogens with two attached hydrogens (primary N) is 1. The zero-order valence-corrected chi connectivity index (χ0v) is 16.9. The number of hydrogen-bond acceptors (Lipinski definition) is 5. The van der Waals surface area contributed by atoms with Crippen molar-refractivity contribution in [3.8, 4) is 5.82 Å². The topological polar surface area (TPSA) is 95.1 Å². The fourth-order valence-electron chi connectivity index (χ4n) is 4.27. The van der Waals surface area contributed by atoms with Crippen LogP contribution in [0, 0.1) is 11.3 Å². The van der Waals surface area contributed by atoms with Gasteiger partial charge in [-0.3, -0.25) is 4.79 Å². The van der Waals surface area contributed by atoms with E-state index in [2.05, 4.69) is 15.4 Å². The summed E-state index contributed by atoms with van der Waals surface area (Å²) in [6.45, 7) is 4.78. The number of fused-ring (bicyclic) bond motifs is 1. The molecule has 0 spiro atoms. The van der Waals surface area contributed by atoms with E-state index in [0.717, 1.165) is 19.4 Å². The zero-order chi connectivity index (χ0) is 17.7. The molecule has 3 heterocycles. The van der Waals surface area contributed by atoms with Gasteiger partial charge >= 0.3 is 0 Å². The number of carbonyl (C=O) groups excluding carboxylic acids is 1. The summed E-state index contributed by atoms with van der Waals surface area (Å²) in [5.41, 5.74) is 5.90. The minimum absolute atomic E-state index is 0. The lowest BCUT2D eigenvalue weighted by Gasteiger charge is -2.65. The Bertz CT molecular complexity index is 782. The summed E-state index contributed by atoms with van der Waals surface area (Å²) in [5.74, 6) is 0.584. The number of carbonyl (C=O) groups is 1. The van der Waals surface area contributed by atoms with Gasteiger partial charge in [-0.25, -0.2) is 9.67 Å². The third-order valence-corrected chi connectivity index (χ3v) is 5.81. The van der Waals surface area contributed by atoms with Crippen LogP contribution in [-0.2, 0) is 9.53 Å². The number of aromatic nitrogens is 3. The first-order valence-corrected chi connectivity index (χ1v) is 8.62. The summed E-state index contributed by atoms with van der Waals surface area (Å²) in [7, 11) is 0. The van der Waals surface area contributed by atoms with E-state index in [4.69, 9.17) is 10.5 Å². The maximum atomic E-state index is 13.0. The molecule has 1 aliphatic carbocycles. The second-order valence-corrected chi connectivity index (χ2v) is 7.44. The van der Waals surface area contributed by atoms with Gasteiger partial charge in [0.05, 0.1) is 18.0 Å². The Balaban J connectivity index is 0.00000131. The SMILES string of the molecule is CC1(C)C2OCCCC2C1(N)C(=O)Nc1ccc(-n2cccn2)nc1.Cl.Cl. The molecule has 0 radical (unpaired) electrons. The van der Waals surface area contributed by atoms with Crippen LogP contribution in [0.5, 0.6) is 0 Å². The van der Waals surface area contributed by atoms with Crippen molar-refractivity contribution in [2.45, 2.75) is 38.3 Å². The monoisotopic (exact) mass is 413 g/mol.